The summed E-state index contributed by atoms with van der Waals surface area (Å²) in [5.41, 5.74) is 1.12. The zero-order chi connectivity index (χ0) is 21.9. The number of hydrogen-bond donors (Lipinski definition) is 1. The summed E-state index contributed by atoms with van der Waals surface area (Å²) >= 11 is 0. The fourth-order valence-electron chi connectivity index (χ4n) is 2.69. The molecule has 0 unspecified atom stereocenters. The van der Waals surface area contributed by atoms with Crippen molar-refractivity contribution < 1.29 is 17.9 Å². The van der Waals surface area contributed by atoms with Gasteiger partial charge >= 0.3 is 0 Å². The molecule has 3 rings (SSSR count). The molecule has 1 N–H and O–H groups in total. The van der Waals surface area contributed by atoms with Crippen molar-refractivity contribution in [2.75, 3.05) is 18.2 Å². The second-order valence-electron chi connectivity index (χ2n) is 6.63. The number of benzene rings is 2. The largest absolute Gasteiger partial charge is 0.478 e. The van der Waals surface area contributed by atoms with Crippen molar-refractivity contribution in [1.29, 1.82) is 0 Å². The fraction of sp³-hybridized carbons (Fsp3) is 0.190. The van der Waals surface area contributed by atoms with Gasteiger partial charge in [-0.1, -0.05) is 17.7 Å². The topological polar surface area (TPSA) is 107 Å². The summed E-state index contributed by atoms with van der Waals surface area (Å²) < 4.78 is 30.0. The Kier molecular flexibility index (Phi) is 6.02. The second-order valence-corrected chi connectivity index (χ2v) is 8.64. The first-order valence-corrected chi connectivity index (χ1v) is 11.0. The number of ether oxygens (including phenoxy) is 1. The Bertz CT molecular complexity index is 1230. The molecule has 0 spiro atoms. The van der Waals surface area contributed by atoms with Crippen molar-refractivity contribution in [2.24, 2.45) is 0 Å². The number of hydrogen-bond acceptors (Lipinski definition) is 6. The van der Waals surface area contributed by atoms with Gasteiger partial charge in [-0.3, -0.25) is 9.59 Å². The number of nitrogens with zero attached hydrogens (tertiary/aromatic N) is 2. The van der Waals surface area contributed by atoms with Gasteiger partial charge in [0.2, 0.25) is 11.3 Å². The molecule has 0 aliphatic heterocycles. The van der Waals surface area contributed by atoms with Crippen LogP contribution in [0.3, 0.4) is 0 Å². The number of aryl methyl sites for hydroxylation is 1. The monoisotopic (exact) mass is 427 g/mol. The van der Waals surface area contributed by atoms with Gasteiger partial charge in [-0.2, -0.15) is 5.10 Å². The summed E-state index contributed by atoms with van der Waals surface area (Å²) in [6, 6.07) is 14.2. The normalized spacial score (nSPS) is 11.2. The van der Waals surface area contributed by atoms with Crippen molar-refractivity contribution >= 4 is 21.4 Å². The molecule has 2 aromatic carbocycles. The molecule has 3 aromatic rings. The van der Waals surface area contributed by atoms with Gasteiger partial charge in [0.05, 0.1) is 23.3 Å². The first-order valence-electron chi connectivity index (χ1n) is 9.14. The first-order chi connectivity index (χ1) is 14.2. The molecular weight excluding hydrogens is 406 g/mol. The van der Waals surface area contributed by atoms with Crippen LogP contribution in [0.4, 0.5) is 5.69 Å². The summed E-state index contributed by atoms with van der Waals surface area (Å²) in [6.07, 6.45) is 1.10. The summed E-state index contributed by atoms with van der Waals surface area (Å²) in [7, 11) is -3.35. The van der Waals surface area contributed by atoms with Crippen LogP contribution in [-0.2, 0) is 9.84 Å². The Balaban J connectivity index is 1.96. The molecule has 1 amide bonds. The predicted molar refractivity (Wildman–Crippen MR) is 113 cm³/mol. The Hall–Kier alpha value is -3.46. The van der Waals surface area contributed by atoms with Gasteiger partial charge < -0.3 is 10.1 Å². The van der Waals surface area contributed by atoms with Gasteiger partial charge in [0.1, 0.15) is 0 Å². The maximum Gasteiger partial charge on any atom is 0.280 e. The molecule has 0 saturated carbocycles. The quantitative estimate of drug-likeness (QED) is 0.648. The average molecular weight is 427 g/mol. The lowest BCUT2D eigenvalue weighted by molar-refractivity contribution is 0.101. The zero-order valence-electron chi connectivity index (χ0n) is 16.7. The third kappa shape index (κ3) is 4.74. The van der Waals surface area contributed by atoms with Crippen LogP contribution in [0.2, 0.25) is 0 Å². The lowest BCUT2D eigenvalue weighted by atomic mass is 10.2. The molecule has 156 valence electrons. The molecule has 8 nitrogen and oxygen atoms in total. The van der Waals surface area contributed by atoms with Crippen molar-refractivity contribution in [3.63, 3.8) is 0 Å². The molecule has 0 aliphatic rings. The SMILES string of the molecule is CCOc1cc(=O)c(C(=O)Nc2ccc(S(C)(=O)=O)cc2)nn1-c1ccc(C)cc1. The van der Waals surface area contributed by atoms with Crippen molar-refractivity contribution in [3.8, 4) is 11.6 Å². The van der Waals surface area contributed by atoms with Crippen LogP contribution in [0.5, 0.6) is 5.88 Å². The van der Waals surface area contributed by atoms with E-state index in [0.29, 0.717) is 18.0 Å². The van der Waals surface area contributed by atoms with E-state index in [9.17, 15) is 18.0 Å². The van der Waals surface area contributed by atoms with Crippen LogP contribution in [-0.4, -0.2) is 37.0 Å². The van der Waals surface area contributed by atoms with Gasteiger partial charge in [0, 0.05) is 11.9 Å². The predicted octanol–water partition coefficient (Wildman–Crippen LogP) is 2.60. The highest BCUT2D eigenvalue weighted by molar-refractivity contribution is 7.90. The maximum absolute atomic E-state index is 12.7. The second kappa shape index (κ2) is 8.50. The number of nitrogens with one attached hydrogen (secondary N) is 1. The van der Waals surface area contributed by atoms with E-state index < -0.39 is 21.2 Å². The Morgan fingerprint density at radius 1 is 1.10 bits per heavy atom. The first kappa shape index (κ1) is 21.3. The number of amides is 1. The van der Waals surface area contributed by atoms with E-state index >= 15 is 0 Å². The van der Waals surface area contributed by atoms with Crippen LogP contribution >= 0.6 is 0 Å². The number of carbonyl (C=O) groups excluding carboxylic acids is 1. The van der Waals surface area contributed by atoms with Crippen LogP contribution in [0.1, 0.15) is 23.0 Å². The van der Waals surface area contributed by atoms with Gasteiger partial charge in [-0.25, -0.2) is 13.1 Å². The number of anilines is 1. The highest BCUT2D eigenvalue weighted by Crippen LogP contribution is 2.17. The third-order valence-electron chi connectivity index (χ3n) is 4.22. The van der Waals surface area contributed by atoms with E-state index in [-0.39, 0.29) is 16.5 Å². The van der Waals surface area contributed by atoms with Gasteiger partial charge in [-0.15, -0.1) is 0 Å². The molecule has 0 fully saturated rings. The van der Waals surface area contributed by atoms with E-state index in [1.165, 1.54) is 35.0 Å². The van der Waals surface area contributed by atoms with E-state index in [0.717, 1.165) is 11.8 Å². The summed E-state index contributed by atoms with van der Waals surface area (Å²) in [4.78, 5) is 25.3. The molecule has 0 saturated heterocycles. The Morgan fingerprint density at radius 3 is 2.30 bits per heavy atom. The highest BCUT2D eigenvalue weighted by Gasteiger charge is 2.18. The molecule has 1 heterocycles. The fourth-order valence-corrected chi connectivity index (χ4v) is 3.33. The minimum Gasteiger partial charge on any atom is -0.478 e. The molecular formula is C21H21N3O5S. The average Bonchev–Trinajstić information content (AvgIpc) is 2.69. The lowest BCUT2D eigenvalue weighted by Crippen LogP contribution is -2.26. The molecule has 30 heavy (non-hydrogen) atoms. The van der Waals surface area contributed by atoms with E-state index in [4.69, 9.17) is 4.74 Å². The molecule has 9 heteroatoms. The van der Waals surface area contributed by atoms with Crippen molar-refractivity contribution in [2.45, 2.75) is 18.7 Å². The van der Waals surface area contributed by atoms with Crippen LogP contribution < -0.4 is 15.5 Å². The Labute approximate surface area is 174 Å². The maximum atomic E-state index is 12.7. The molecule has 0 aliphatic carbocycles. The van der Waals surface area contributed by atoms with Crippen LogP contribution in [0.15, 0.2) is 64.3 Å². The van der Waals surface area contributed by atoms with Crippen molar-refractivity contribution in [3.05, 3.63) is 76.1 Å². The minimum absolute atomic E-state index is 0.126. The smallest absolute Gasteiger partial charge is 0.280 e. The molecule has 1 aromatic heterocycles. The van der Waals surface area contributed by atoms with E-state index in [1.54, 1.807) is 19.1 Å². The van der Waals surface area contributed by atoms with Crippen LogP contribution in [0, 0.1) is 6.92 Å². The molecule has 0 bridgehead atoms. The standard InChI is InChI=1S/C21H21N3O5S/c1-4-29-19-13-18(25)20(23-24(19)16-9-5-14(2)6-10-16)21(26)22-15-7-11-17(12-8-15)30(3,27)28/h5-13H,4H2,1-3H3,(H,22,26). The number of sulfone groups is 1. The van der Waals surface area contributed by atoms with Crippen LogP contribution in [0.25, 0.3) is 5.69 Å². The Morgan fingerprint density at radius 2 is 1.73 bits per heavy atom. The van der Waals surface area contributed by atoms with Gasteiger partial charge in [-0.05, 0) is 50.2 Å². The van der Waals surface area contributed by atoms with Crippen molar-refractivity contribution in [1.82, 2.24) is 9.78 Å². The summed E-state index contributed by atoms with van der Waals surface area (Å²) in [5, 5.41) is 6.78. The zero-order valence-corrected chi connectivity index (χ0v) is 17.6. The number of rotatable bonds is 6. The highest BCUT2D eigenvalue weighted by atomic mass is 32.2. The molecule has 0 atom stereocenters. The lowest BCUT2D eigenvalue weighted by Gasteiger charge is -2.14. The number of aromatic nitrogens is 2. The number of carbonyl (C=O) groups is 1. The van der Waals surface area contributed by atoms with E-state index in [1.807, 2.05) is 19.1 Å². The third-order valence-corrected chi connectivity index (χ3v) is 5.35. The van der Waals surface area contributed by atoms with Gasteiger partial charge in [0.15, 0.2) is 15.5 Å². The summed E-state index contributed by atoms with van der Waals surface area (Å²) in [6.45, 7) is 4.05. The van der Waals surface area contributed by atoms with E-state index in [2.05, 4.69) is 10.4 Å². The van der Waals surface area contributed by atoms with Gasteiger partial charge in [0.25, 0.3) is 5.91 Å². The minimum atomic E-state index is -3.35. The molecule has 0 radical (unpaired) electrons. The summed E-state index contributed by atoms with van der Waals surface area (Å²) in [5.74, 6) is -0.489.